The summed E-state index contributed by atoms with van der Waals surface area (Å²) in [5.41, 5.74) is 6.92. The standard InChI is InChI=1S/C22H18F3N3O3/c23-22(24,25)31-18-11-8-15(13-4-2-1-3-5-13)12-17(18)19(29)21(30)28-16-9-6-14(7-10-16)20(26)27/h1-12,19,29H,(H3,26,27)(H,28,30). The molecule has 0 fully saturated rings. The van der Waals surface area contributed by atoms with Crippen LogP contribution in [0.15, 0.2) is 72.8 Å². The third kappa shape index (κ3) is 5.61. The van der Waals surface area contributed by atoms with Crippen molar-refractivity contribution in [1.29, 1.82) is 5.41 Å². The maximum absolute atomic E-state index is 12.8. The van der Waals surface area contributed by atoms with E-state index in [1.165, 1.54) is 36.4 Å². The van der Waals surface area contributed by atoms with Crippen molar-refractivity contribution in [3.63, 3.8) is 0 Å². The number of amidine groups is 1. The summed E-state index contributed by atoms with van der Waals surface area (Å²) >= 11 is 0. The van der Waals surface area contributed by atoms with Crippen LogP contribution in [0.1, 0.15) is 17.2 Å². The maximum Gasteiger partial charge on any atom is 0.573 e. The molecule has 1 atom stereocenters. The summed E-state index contributed by atoms with van der Waals surface area (Å²) < 4.78 is 42.5. The Bertz CT molecular complexity index is 1080. The minimum Gasteiger partial charge on any atom is -0.405 e. The van der Waals surface area contributed by atoms with E-state index in [1.54, 1.807) is 30.3 Å². The number of hydrogen-bond donors (Lipinski definition) is 4. The Morgan fingerprint density at radius 1 is 1.00 bits per heavy atom. The predicted molar refractivity (Wildman–Crippen MR) is 110 cm³/mol. The molecule has 3 rings (SSSR count). The second-order valence-corrected chi connectivity index (χ2v) is 6.55. The number of halogens is 3. The zero-order valence-corrected chi connectivity index (χ0v) is 16.0. The summed E-state index contributed by atoms with van der Waals surface area (Å²) in [4.78, 5) is 12.5. The number of rotatable bonds is 6. The average molecular weight is 429 g/mol. The number of amides is 1. The number of hydrogen-bond acceptors (Lipinski definition) is 4. The molecule has 0 aromatic heterocycles. The highest BCUT2D eigenvalue weighted by atomic mass is 19.4. The molecule has 0 radical (unpaired) electrons. The number of nitrogen functional groups attached to an aromatic ring is 1. The van der Waals surface area contributed by atoms with Crippen LogP contribution < -0.4 is 15.8 Å². The normalized spacial score (nSPS) is 12.1. The van der Waals surface area contributed by atoms with Gasteiger partial charge in [-0.05, 0) is 47.5 Å². The minimum absolute atomic E-state index is 0.162. The van der Waals surface area contributed by atoms with Crippen LogP contribution in [0.2, 0.25) is 0 Å². The second-order valence-electron chi connectivity index (χ2n) is 6.55. The van der Waals surface area contributed by atoms with Gasteiger partial charge in [0, 0.05) is 16.8 Å². The van der Waals surface area contributed by atoms with E-state index in [9.17, 15) is 23.1 Å². The van der Waals surface area contributed by atoms with Crippen molar-refractivity contribution < 1.29 is 27.8 Å². The van der Waals surface area contributed by atoms with Gasteiger partial charge in [0.05, 0.1) is 0 Å². The molecule has 5 N–H and O–H groups in total. The van der Waals surface area contributed by atoms with Crippen LogP contribution in [-0.4, -0.2) is 23.2 Å². The maximum atomic E-state index is 12.8. The molecule has 3 aromatic rings. The molecule has 0 heterocycles. The largest absolute Gasteiger partial charge is 0.573 e. The number of nitrogens with one attached hydrogen (secondary N) is 2. The molecule has 3 aromatic carbocycles. The van der Waals surface area contributed by atoms with Crippen molar-refractivity contribution in [2.75, 3.05) is 5.32 Å². The van der Waals surface area contributed by atoms with Gasteiger partial charge in [-0.1, -0.05) is 36.4 Å². The number of anilines is 1. The molecule has 0 aliphatic carbocycles. The first-order valence-corrected chi connectivity index (χ1v) is 9.02. The van der Waals surface area contributed by atoms with Crippen molar-refractivity contribution in [3.8, 4) is 16.9 Å². The van der Waals surface area contributed by atoms with Crippen LogP contribution >= 0.6 is 0 Å². The van der Waals surface area contributed by atoms with Gasteiger partial charge in [0.1, 0.15) is 11.6 Å². The molecule has 0 aliphatic heterocycles. The molecule has 0 aliphatic rings. The van der Waals surface area contributed by atoms with E-state index in [1.807, 2.05) is 0 Å². The first-order chi connectivity index (χ1) is 14.6. The number of aliphatic hydroxyl groups is 1. The predicted octanol–water partition coefficient (Wildman–Crippen LogP) is 4.21. The number of carbonyl (C=O) groups excluding carboxylic acids is 1. The number of aliphatic hydroxyl groups excluding tert-OH is 1. The Labute approximate surface area is 175 Å². The fourth-order valence-corrected chi connectivity index (χ4v) is 2.87. The lowest BCUT2D eigenvalue weighted by molar-refractivity contribution is -0.275. The zero-order chi connectivity index (χ0) is 22.6. The van der Waals surface area contributed by atoms with Crippen LogP contribution in [0.5, 0.6) is 5.75 Å². The van der Waals surface area contributed by atoms with Crippen LogP contribution in [-0.2, 0) is 4.79 Å². The first-order valence-electron chi connectivity index (χ1n) is 9.02. The smallest absolute Gasteiger partial charge is 0.405 e. The Morgan fingerprint density at radius 3 is 2.23 bits per heavy atom. The summed E-state index contributed by atoms with van der Waals surface area (Å²) in [5, 5.41) is 20.3. The van der Waals surface area contributed by atoms with E-state index in [0.29, 0.717) is 16.7 Å². The summed E-state index contributed by atoms with van der Waals surface area (Å²) in [6, 6.07) is 18.4. The number of alkyl halides is 3. The van der Waals surface area contributed by atoms with E-state index in [4.69, 9.17) is 11.1 Å². The van der Waals surface area contributed by atoms with Gasteiger partial charge in [-0.3, -0.25) is 10.2 Å². The molecule has 0 saturated carbocycles. The fourth-order valence-electron chi connectivity index (χ4n) is 2.87. The highest BCUT2D eigenvalue weighted by Crippen LogP contribution is 2.34. The van der Waals surface area contributed by atoms with Crippen LogP contribution in [0.25, 0.3) is 11.1 Å². The van der Waals surface area contributed by atoms with E-state index in [2.05, 4.69) is 10.1 Å². The lowest BCUT2D eigenvalue weighted by Crippen LogP contribution is -2.24. The number of benzene rings is 3. The number of ether oxygens (including phenoxy) is 1. The van der Waals surface area contributed by atoms with E-state index in [-0.39, 0.29) is 17.1 Å². The highest BCUT2D eigenvalue weighted by Gasteiger charge is 2.34. The minimum atomic E-state index is -5.00. The molecule has 0 saturated heterocycles. The Balaban J connectivity index is 1.91. The summed E-state index contributed by atoms with van der Waals surface area (Å²) in [6.07, 6.45) is -6.93. The van der Waals surface area contributed by atoms with E-state index >= 15 is 0 Å². The van der Waals surface area contributed by atoms with Gasteiger partial charge < -0.3 is 20.9 Å². The molecule has 1 amide bonds. The van der Waals surface area contributed by atoms with Crippen LogP contribution in [0.4, 0.5) is 18.9 Å². The zero-order valence-electron chi connectivity index (χ0n) is 16.0. The summed E-state index contributed by atoms with van der Waals surface area (Å²) in [7, 11) is 0. The molecular weight excluding hydrogens is 411 g/mol. The van der Waals surface area contributed by atoms with Gasteiger partial charge in [-0.2, -0.15) is 0 Å². The average Bonchev–Trinajstić information content (AvgIpc) is 2.73. The monoisotopic (exact) mass is 429 g/mol. The molecule has 160 valence electrons. The lowest BCUT2D eigenvalue weighted by atomic mass is 9.99. The molecule has 9 heteroatoms. The van der Waals surface area contributed by atoms with E-state index in [0.717, 1.165) is 6.07 Å². The Hall–Kier alpha value is -3.85. The number of nitrogens with two attached hydrogens (primary N) is 1. The van der Waals surface area contributed by atoms with Gasteiger partial charge in [-0.15, -0.1) is 13.2 Å². The SMILES string of the molecule is N=C(N)c1ccc(NC(=O)C(O)c2cc(-c3ccccc3)ccc2OC(F)(F)F)cc1. The second kappa shape index (κ2) is 8.88. The van der Waals surface area contributed by atoms with E-state index < -0.39 is 24.1 Å². The van der Waals surface area contributed by atoms with Crippen molar-refractivity contribution in [2.45, 2.75) is 12.5 Å². The van der Waals surface area contributed by atoms with Crippen molar-refractivity contribution in [3.05, 3.63) is 83.9 Å². The Morgan fingerprint density at radius 2 is 1.65 bits per heavy atom. The number of carbonyl (C=O) groups is 1. The van der Waals surface area contributed by atoms with Crippen LogP contribution in [0.3, 0.4) is 0 Å². The fraction of sp³-hybridized carbons (Fsp3) is 0.0909. The molecular formula is C22H18F3N3O3. The van der Waals surface area contributed by atoms with Crippen LogP contribution in [0, 0.1) is 5.41 Å². The van der Waals surface area contributed by atoms with Gasteiger partial charge in [0.15, 0.2) is 6.10 Å². The Kier molecular flexibility index (Phi) is 6.26. The molecule has 0 spiro atoms. The topological polar surface area (TPSA) is 108 Å². The summed E-state index contributed by atoms with van der Waals surface area (Å²) in [6.45, 7) is 0. The molecule has 1 unspecified atom stereocenters. The molecule has 31 heavy (non-hydrogen) atoms. The lowest BCUT2D eigenvalue weighted by Gasteiger charge is -2.18. The highest BCUT2D eigenvalue weighted by molar-refractivity contribution is 5.97. The first kappa shape index (κ1) is 21.8. The molecule has 6 nitrogen and oxygen atoms in total. The van der Waals surface area contributed by atoms with Gasteiger partial charge in [0.25, 0.3) is 5.91 Å². The van der Waals surface area contributed by atoms with Crippen molar-refractivity contribution in [2.24, 2.45) is 5.73 Å². The third-order valence-corrected chi connectivity index (χ3v) is 4.35. The van der Waals surface area contributed by atoms with Crippen molar-refractivity contribution in [1.82, 2.24) is 0 Å². The third-order valence-electron chi connectivity index (χ3n) is 4.35. The van der Waals surface area contributed by atoms with Gasteiger partial charge >= 0.3 is 6.36 Å². The molecule has 0 bridgehead atoms. The quantitative estimate of drug-likeness (QED) is 0.348. The van der Waals surface area contributed by atoms with Gasteiger partial charge in [-0.25, -0.2) is 0 Å². The summed E-state index contributed by atoms with van der Waals surface area (Å²) in [5.74, 6) is -1.79. The van der Waals surface area contributed by atoms with Gasteiger partial charge in [0.2, 0.25) is 0 Å². The van der Waals surface area contributed by atoms with Crippen molar-refractivity contribution >= 4 is 17.4 Å².